The van der Waals surface area contributed by atoms with Crippen LogP contribution in [0.3, 0.4) is 0 Å². The average molecular weight is 361 g/mol. The molecular weight excluding hydrogens is 320 g/mol. The van der Waals surface area contributed by atoms with Crippen LogP contribution in [0, 0.1) is 29.1 Å². The second-order valence-corrected chi connectivity index (χ2v) is 15.3. The van der Waals surface area contributed by atoms with Crippen LogP contribution in [0.5, 0.6) is 0 Å². The van der Waals surface area contributed by atoms with E-state index in [2.05, 4.69) is 39.6 Å². The summed E-state index contributed by atoms with van der Waals surface area (Å²) in [7, 11) is -1.52. The molecule has 1 nitrogen and oxygen atoms in total. The van der Waals surface area contributed by atoms with Crippen molar-refractivity contribution < 1.29 is 4.43 Å². The van der Waals surface area contributed by atoms with Crippen molar-refractivity contribution in [3.63, 3.8) is 0 Å². The van der Waals surface area contributed by atoms with E-state index in [1.54, 1.807) is 0 Å². The normalized spacial score (nSPS) is 46.8. The van der Waals surface area contributed by atoms with Crippen molar-refractivity contribution in [2.75, 3.05) is 0 Å². The molecule has 3 fully saturated rings. The number of hydrogen-bond acceptors (Lipinski definition) is 1. The van der Waals surface area contributed by atoms with Crippen molar-refractivity contribution in [1.82, 2.24) is 0 Å². The van der Waals surface area contributed by atoms with Gasteiger partial charge in [0, 0.05) is 0 Å². The van der Waals surface area contributed by atoms with Crippen LogP contribution in [-0.2, 0) is 4.43 Å². The molecule has 0 saturated heterocycles. The summed E-state index contributed by atoms with van der Waals surface area (Å²) < 4.78 is 7.02. The van der Waals surface area contributed by atoms with Gasteiger partial charge in [-0.1, -0.05) is 25.5 Å². The monoisotopic (exact) mass is 360 g/mol. The highest BCUT2D eigenvalue weighted by molar-refractivity contribution is 6.69. The predicted octanol–water partition coefficient (Wildman–Crippen LogP) is 6.95. The predicted molar refractivity (Wildman–Crippen MR) is 109 cm³/mol. The lowest BCUT2D eigenvalue weighted by Gasteiger charge is -2.57. The quantitative estimate of drug-likeness (QED) is 0.391. The van der Waals surface area contributed by atoms with Crippen LogP contribution in [0.2, 0.25) is 19.6 Å². The Morgan fingerprint density at radius 3 is 2.60 bits per heavy atom. The summed E-state index contributed by atoms with van der Waals surface area (Å²) in [6.07, 6.45) is 16.6. The maximum atomic E-state index is 7.02. The maximum absolute atomic E-state index is 7.02. The molecule has 0 aromatic heterocycles. The Hall–Kier alpha value is -0.0831. The zero-order valence-corrected chi connectivity index (χ0v) is 18.4. The molecule has 142 valence electrons. The zero-order chi connectivity index (χ0) is 17.9. The van der Waals surface area contributed by atoms with Gasteiger partial charge in [0.1, 0.15) is 0 Å². The summed E-state index contributed by atoms with van der Waals surface area (Å²) in [6.45, 7) is 12.2. The minimum absolute atomic E-state index is 0.176. The Kier molecular flexibility index (Phi) is 4.55. The second kappa shape index (κ2) is 6.23. The van der Waals surface area contributed by atoms with E-state index in [4.69, 9.17) is 4.43 Å². The van der Waals surface area contributed by atoms with Gasteiger partial charge in [-0.05, 0) is 113 Å². The van der Waals surface area contributed by atoms with E-state index in [9.17, 15) is 0 Å². The first-order valence-electron chi connectivity index (χ1n) is 11.2. The number of hydrogen-bond donors (Lipinski definition) is 0. The Morgan fingerprint density at radius 1 is 1.08 bits per heavy atom. The van der Waals surface area contributed by atoms with Crippen molar-refractivity contribution in [2.24, 2.45) is 29.1 Å². The van der Waals surface area contributed by atoms with Gasteiger partial charge in [0.25, 0.3) is 0 Å². The summed E-state index contributed by atoms with van der Waals surface area (Å²) in [6, 6.07) is 0. The molecule has 0 bridgehead atoms. The summed E-state index contributed by atoms with van der Waals surface area (Å²) in [4.78, 5) is 0. The molecule has 4 rings (SSSR count). The van der Waals surface area contributed by atoms with E-state index < -0.39 is 8.32 Å². The van der Waals surface area contributed by atoms with Gasteiger partial charge in [-0.2, -0.15) is 0 Å². The third-order valence-corrected chi connectivity index (χ3v) is 9.74. The van der Waals surface area contributed by atoms with Gasteiger partial charge < -0.3 is 4.43 Å². The van der Waals surface area contributed by atoms with Crippen LogP contribution in [0.1, 0.15) is 78.1 Å². The molecule has 1 unspecified atom stereocenters. The van der Waals surface area contributed by atoms with Gasteiger partial charge in [0.2, 0.25) is 0 Å². The Labute approximate surface area is 157 Å². The summed E-state index contributed by atoms with van der Waals surface area (Å²) >= 11 is 0. The molecule has 0 aromatic carbocycles. The molecule has 25 heavy (non-hydrogen) atoms. The molecule has 4 aliphatic carbocycles. The van der Waals surface area contributed by atoms with Crippen LogP contribution < -0.4 is 0 Å². The lowest BCUT2D eigenvalue weighted by atomic mass is 9.50. The molecule has 0 aliphatic heterocycles. The minimum Gasteiger partial charge on any atom is -0.412 e. The molecule has 0 spiro atoms. The molecule has 3 saturated carbocycles. The van der Waals surface area contributed by atoms with E-state index in [0.717, 1.165) is 23.7 Å². The number of rotatable bonds is 3. The Morgan fingerprint density at radius 2 is 1.88 bits per heavy atom. The molecule has 0 amide bonds. The fraction of sp³-hybridized carbons (Fsp3) is 0.913. The van der Waals surface area contributed by atoms with Crippen molar-refractivity contribution in [1.29, 1.82) is 0 Å². The first-order valence-corrected chi connectivity index (χ1v) is 14.6. The van der Waals surface area contributed by atoms with Crippen LogP contribution >= 0.6 is 0 Å². The molecule has 6 atom stereocenters. The topological polar surface area (TPSA) is 9.23 Å². The minimum atomic E-state index is -1.52. The number of allylic oxidation sites excluding steroid dienone is 2. The first kappa shape index (κ1) is 18.3. The van der Waals surface area contributed by atoms with E-state index in [-0.39, 0.29) is 5.60 Å². The van der Waals surface area contributed by atoms with E-state index in [0.29, 0.717) is 5.41 Å². The molecular formula is C23H40OSi. The lowest BCUT2D eigenvalue weighted by Crippen LogP contribution is -2.56. The van der Waals surface area contributed by atoms with Crippen LogP contribution in [-0.4, -0.2) is 13.9 Å². The van der Waals surface area contributed by atoms with Gasteiger partial charge in [-0.3, -0.25) is 0 Å². The molecule has 0 radical (unpaired) electrons. The lowest BCUT2D eigenvalue weighted by molar-refractivity contribution is -0.108. The molecule has 0 aromatic rings. The molecule has 4 aliphatic rings. The first-order chi connectivity index (χ1) is 11.8. The zero-order valence-electron chi connectivity index (χ0n) is 17.4. The maximum Gasteiger partial charge on any atom is 0.184 e. The Bertz CT molecular complexity index is 547. The fourth-order valence-corrected chi connectivity index (χ4v) is 9.45. The molecule has 0 heterocycles. The fourth-order valence-electron chi connectivity index (χ4n) is 7.80. The van der Waals surface area contributed by atoms with E-state index in [1.807, 2.05) is 5.57 Å². The van der Waals surface area contributed by atoms with Gasteiger partial charge in [-0.25, -0.2) is 0 Å². The van der Waals surface area contributed by atoms with Gasteiger partial charge in [0.15, 0.2) is 8.32 Å². The van der Waals surface area contributed by atoms with Crippen LogP contribution in [0.4, 0.5) is 0 Å². The van der Waals surface area contributed by atoms with Crippen molar-refractivity contribution in [2.45, 2.75) is 103 Å². The summed E-state index contributed by atoms with van der Waals surface area (Å²) in [5, 5.41) is 0. The van der Waals surface area contributed by atoms with Gasteiger partial charge in [-0.15, -0.1) is 0 Å². The second-order valence-electron chi connectivity index (χ2n) is 10.8. The molecule has 2 heteroatoms. The smallest absolute Gasteiger partial charge is 0.184 e. The highest BCUT2D eigenvalue weighted by Crippen LogP contribution is 2.66. The standard InChI is InChI=1S/C23H40OSi/c1-6-23(24-25(3,4)5)16-14-21-20-12-11-17-9-7-8-10-18(17)19(20)13-15-22(21,23)2/h9,18-21H,6-8,10-16H2,1-5H3/t18-,19+,20+,21-,22-,23?/m0/s1. The molecule has 0 N–H and O–H groups in total. The van der Waals surface area contributed by atoms with Gasteiger partial charge >= 0.3 is 0 Å². The summed E-state index contributed by atoms with van der Waals surface area (Å²) in [5.74, 6) is 3.85. The van der Waals surface area contributed by atoms with Crippen molar-refractivity contribution in [3.8, 4) is 0 Å². The van der Waals surface area contributed by atoms with E-state index >= 15 is 0 Å². The van der Waals surface area contributed by atoms with Crippen molar-refractivity contribution >= 4 is 8.32 Å². The SMILES string of the molecule is CCC1(O[Si](C)(C)C)CC[C@H]2[C@@H]3CCC4=CCCC[C@@H]4[C@H]3CC[C@@]21C. The van der Waals surface area contributed by atoms with Crippen LogP contribution in [0.25, 0.3) is 0 Å². The highest BCUT2D eigenvalue weighted by Gasteiger charge is 2.63. The van der Waals surface area contributed by atoms with Crippen molar-refractivity contribution in [3.05, 3.63) is 11.6 Å². The largest absolute Gasteiger partial charge is 0.412 e. The number of fused-ring (bicyclic) bond motifs is 5. The summed E-state index contributed by atoms with van der Waals surface area (Å²) in [5.41, 5.74) is 2.46. The Balaban J connectivity index is 1.62. The highest BCUT2D eigenvalue weighted by atomic mass is 28.4. The van der Waals surface area contributed by atoms with Crippen LogP contribution in [0.15, 0.2) is 11.6 Å². The van der Waals surface area contributed by atoms with Gasteiger partial charge in [0.05, 0.1) is 5.60 Å². The average Bonchev–Trinajstić information content (AvgIpc) is 2.86. The third-order valence-electron chi connectivity index (χ3n) is 8.74. The van der Waals surface area contributed by atoms with E-state index in [1.165, 1.54) is 64.2 Å². The third kappa shape index (κ3) is 2.81.